The molecule has 0 spiro atoms. The van der Waals surface area contributed by atoms with Crippen molar-refractivity contribution in [3.05, 3.63) is 23.4 Å². The largest absolute Gasteiger partial charge is 0.340 e. The monoisotopic (exact) mass is 292 g/mol. The van der Waals surface area contributed by atoms with E-state index in [4.69, 9.17) is 4.52 Å². The summed E-state index contributed by atoms with van der Waals surface area (Å²) in [6, 6.07) is 3.95. The van der Waals surface area contributed by atoms with Crippen molar-refractivity contribution in [2.24, 2.45) is 0 Å². The third-order valence-electron chi connectivity index (χ3n) is 3.39. The van der Waals surface area contributed by atoms with Gasteiger partial charge in [-0.15, -0.1) is 11.3 Å². The third kappa shape index (κ3) is 2.88. The highest BCUT2D eigenvalue weighted by Gasteiger charge is 2.20. The zero-order chi connectivity index (χ0) is 13.9. The average molecular weight is 292 g/mol. The molecule has 1 amide bonds. The van der Waals surface area contributed by atoms with Gasteiger partial charge in [-0.25, -0.2) is 0 Å². The van der Waals surface area contributed by atoms with Crippen molar-refractivity contribution in [3.8, 4) is 10.7 Å². The van der Waals surface area contributed by atoms with Crippen LogP contribution in [0.1, 0.15) is 12.8 Å². The molecule has 106 valence electrons. The lowest BCUT2D eigenvalue weighted by atomic mass is 10.3. The molecule has 3 rings (SSSR count). The summed E-state index contributed by atoms with van der Waals surface area (Å²) in [6.45, 7) is 5.47. The first-order valence-electron chi connectivity index (χ1n) is 6.57. The van der Waals surface area contributed by atoms with E-state index in [1.165, 1.54) is 0 Å². The van der Waals surface area contributed by atoms with E-state index >= 15 is 0 Å². The van der Waals surface area contributed by atoms with Gasteiger partial charge in [0.2, 0.25) is 17.6 Å². The van der Waals surface area contributed by atoms with Gasteiger partial charge in [0.15, 0.2) is 0 Å². The highest BCUT2D eigenvalue weighted by atomic mass is 32.1. The first kappa shape index (κ1) is 13.3. The molecule has 6 nitrogen and oxygen atoms in total. The lowest BCUT2D eigenvalue weighted by Gasteiger charge is -2.33. The summed E-state index contributed by atoms with van der Waals surface area (Å²) >= 11 is 1.60. The first-order chi connectivity index (χ1) is 9.72. The highest BCUT2D eigenvalue weighted by molar-refractivity contribution is 7.13. The summed E-state index contributed by atoms with van der Waals surface area (Å²) in [5, 5.41) is 5.99. The van der Waals surface area contributed by atoms with E-state index < -0.39 is 0 Å². The summed E-state index contributed by atoms with van der Waals surface area (Å²) in [5.74, 6) is 1.42. The lowest BCUT2D eigenvalue weighted by molar-refractivity contribution is -0.130. The fourth-order valence-electron chi connectivity index (χ4n) is 2.24. The second-order valence-electron chi connectivity index (χ2n) is 4.77. The molecule has 2 aromatic heterocycles. The van der Waals surface area contributed by atoms with E-state index in [0.717, 1.165) is 31.1 Å². The van der Waals surface area contributed by atoms with Crippen molar-refractivity contribution in [2.75, 3.05) is 26.2 Å². The Bertz CT molecular complexity index is 573. The Hall–Kier alpha value is -1.73. The average Bonchev–Trinajstić information content (AvgIpc) is 3.09. The second kappa shape index (κ2) is 5.72. The van der Waals surface area contributed by atoms with E-state index in [1.807, 2.05) is 22.4 Å². The van der Waals surface area contributed by atoms with Crippen molar-refractivity contribution in [2.45, 2.75) is 13.5 Å². The Morgan fingerprint density at radius 3 is 2.85 bits per heavy atom. The van der Waals surface area contributed by atoms with Gasteiger partial charge < -0.3 is 9.42 Å². The van der Waals surface area contributed by atoms with Crippen LogP contribution in [0.4, 0.5) is 0 Å². The van der Waals surface area contributed by atoms with Crippen LogP contribution in [0.5, 0.6) is 0 Å². The number of aromatic nitrogens is 2. The Kier molecular flexibility index (Phi) is 3.79. The molecule has 0 aromatic carbocycles. The Morgan fingerprint density at radius 1 is 1.40 bits per heavy atom. The molecule has 20 heavy (non-hydrogen) atoms. The van der Waals surface area contributed by atoms with Crippen molar-refractivity contribution in [1.29, 1.82) is 0 Å². The molecule has 1 aliphatic rings. The van der Waals surface area contributed by atoms with Crippen LogP contribution in [0.15, 0.2) is 22.0 Å². The second-order valence-corrected chi connectivity index (χ2v) is 5.72. The quantitative estimate of drug-likeness (QED) is 0.857. The maximum atomic E-state index is 11.3. The minimum atomic E-state index is 0.141. The molecule has 0 bridgehead atoms. The summed E-state index contributed by atoms with van der Waals surface area (Å²) in [5.41, 5.74) is 0. The van der Waals surface area contributed by atoms with E-state index in [1.54, 1.807) is 18.3 Å². The van der Waals surface area contributed by atoms with E-state index in [0.29, 0.717) is 18.3 Å². The lowest BCUT2D eigenvalue weighted by Crippen LogP contribution is -2.47. The minimum Gasteiger partial charge on any atom is -0.340 e. The Balaban J connectivity index is 1.58. The number of rotatable bonds is 3. The van der Waals surface area contributed by atoms with Crippen LogP contribution in [0, 0.1) is 0 Å². The van der Waals surface area contributed by atoms with E-state index in [9.17, 15) is 4.79 Å². The summed E-state index contributed by atoms with van der Waals surface area (Å²) in [7, 11) is 0. The van der Waals surface area contributed by atoms with Gasteiger partial charge in [-0.2, -0.15) is 4.98 Å². The number of thiophene rings is 1. The zero-order valence-corrected chi connectivity index (χ0v) is 12.1. The molecule has 0 atom stereocenters. The van der Waals surface area contributed by atoms with Crippen LogP contribution in [0.2, 0.25) is 0 Å². The Labute approximate surface area is 121 Å². The van der Waals surface area contributed by atoms with Gasteiger partial charge in [0.1, 0.15) is 0 Å². The van der Waals surface area contributed by atoms with Crippen LogP contribution >= 0.6 is 11.3 Å². The molecule has 0 saturated carbocycles. The van der Waals surface area contributed by atoms with E-state index in [2.05, 4.69) is 15.0 Å². The number of carbonyl (C=O) groups is 1. The Morgan fingerprint density at radius 2 is 2.20 bits per heavy atom. The standard InChI is InChI=1S/C13H16N4O2S/c1-10(18)17-6-4-16(5-7-17)9-12-14-13(15-19-12)11-3-2-8-20-11/h2-3,8H,4-7,9H2,1H3. The molecule has 3 heterocycles. The highest BCUT2D eigenvalue weighted by Crippen LogP contribution is 2.21. The third-order valence-corrected chi connectivity index (χ3v) is 4.25. The van der Waals surface area contributed by atoms with Gasteiger partial charge in [0.25, 0.3) is 0 Å². The van der Waals surface area contributed by atoms with Gasteiger partial charge in [-0.1, -0.05) is 11.2 Å². The maximum Gasteiger partial charge on any atom is 0.241 e. The topological polar surface area (TPSA) is 62.5 Å². The number of nitrogens with zero attached hydrogens (tertiary/aromatic N) is 4. The molecule has 1 fully saturated rings. The molecular formula is C13H16N4O2S. The van der Waals surface area contributed by atoms with Crippen LogP contribution in [-0.4, -0.2) is 52.0 Å². The van der Waals surface area contributed by atoms with Gasteiger partial charge in [-0.05, 0) is 11.4 Å². The number of amides is 1. The fourth-order valence-corrected chi connectivity index (χ4v) is 2.89. The summed E-state index contributed by atoms with van der Waals surface area (Å²) in [6.07, 6.45) is 0. The van der Waals surface area contributed by atoms with Crippen molar-refractivity contribution in [3.63, 3.8) is 0 Å². The van der Waals surface area contributed by atoms with E-state index in [-0.39, 0.29) is 5.91 Å². The number of carbonyl (C=O) groups excluding carboxylic acids is 1. The summed E-state index contributed by atoms with van der Waals surface area (Å²) in [4.78, 5) is 20.8. The van der Waals surface area contributed by atoms with Gasteiger partial charge in [0.05, 0.1) is 11.4 Å². The number of hydrogen-bond acceptors (Lipinski definition) is 6. The van der Waals surface area contributed by atoms with Crippen LogP contribution in [0.25, 0.3) is 10.7 Å². The minimum absolute atomic E-state index is 0.141. The van der Waals surface area contributed by atoms with Gasteiger partial charge >= 0.3 is 0 Å². The molecule has 1 saturated heterocycles. The number of piperazine rings is 1. The van der Waals surface area contributed by atoms with Crippen LogP contribution in [-0.2, 0) is 11.3 Å². The molecule has 0 radical (unpaired) electrons. The van der Waals surface area contributed by atoms with Crippen LogP contribution < -0.4 is 0 Å². The van der Waals surface area contributed by atoms with Gasteiger partial charge in [0, 0.05) is 33.1 Å². The summed E-state index contributed by atoms with van der Waals surface area (Å²) < 4.78 is 5.29. The van der Waals surface area contributed by atoms with Crippen molar-refractivity contribution >= 4 is 17.2 Å². The molecule has 0 aliphatic carbocycles. The maximum absolute atomic E-state index is 11.3. The molecule has 1 aliphatic heterocycles. The van der Waals surface area contributed by atoms with Crippen LogP contribution in [0.3, 0.4) is 0 Å². The predicted molar refractivity (Wildman–Crippen MR) is 75.1 cm³/mol. The van der Waals surface area contributed by atoms with Crippen molar-refractivity contribution in [1.82, 2.24) is 19.9 Å². The SMILES string of the molecule is CC(=O)N1CCN(Cc2nc(-c3cccs3)no2)CC1. The molecule has 0 N–H and O–H groups in total. The molecule has 0 unspecified atom stereocenters. The normalized spacial score (nSPS) is 16.6. The molecular weight excluding hydrogens is 276 g/mol. The molecule has 2 aromatic rings. The zero-order valence-electron chi connectivity index (χ0n) is 11.3. The smallest absolute Gasteiger partial charge is 0.241 e. The molecule has 7 heteroatoms. The number of hydrogen-bond donors (Lipinski definition) is 0. The van der Waals surface area contributed by atoms with Crippen molar-refractivity contribution < 1.29 is 9.32 Å². The first-order valence-corrected chi connectivity index (χ1v) is 7.44. The predicted octanol–water partition coefficient (Wildman–Crippen LogP) is 1.46. The fraction of sp³-hybridized carbons (Fsp3) is 0.462. The van der Waals surface area contributed by atoms with Gasteiger partial charge in [-0.3, -0.25) is 9.69 Å².